The molecule has 0 saturated heterocycles. The number of methoxy groups -OCH3 is 1. The van der Waals surface area contributed by atoms with Crippen molar-refractivity contribution in [3.05, 3.63) is 117 Å². The minimum Gasteiger partial charge on any atom is -0.507 e. The molecule has 3 aromatic heterocycles. The number of benzene rings is 3. The number of rotatable bonds is 5. The standard InChI is InChI=1S/C29H20N2O7/c1-36-16-12-10-15(11-13-16)25-19(14-30-31-25)22(23-26(32)17-6-2-4-8-20(17)37-28(23)34)24-27(33)18-7-3-5-9-21(18)38-29(24)35/h2-14,22,32-33H,1H3,(H,30,31). The van der Waals surface area contributed by atoms with E-state index in [4.69, 9.17) is 13.6 Å². The lowest BCUT2D eigenvalue weighted by Gasteiger charge is -2.19. The average molecular weight is 508 g/mol. The Hall–Kier alpha value is -5.31. The normalized spacial score (nSPS) is 11.4. The van der Waals surface area contributed by atoms with Gasteiger partial charge in [0.25, 0.3) is 0 Å². The predicted octanol–water partition coefficient (Wildman–Crippen LogP) is 4.89. The Balaban J connectivity index is 1.70. The van der Waals surface area contributed by atoms with Crippen molar-refractivity contribution in [3.63, 3.8) is 0 Å². The van der Waals surface area contributed by atoms with E-state index in [-0.39, 0.29) is 44.6 Å². The first-order valence-electron chi connectivity index (χ1n) is 11.6. The van der Waals surface area contributed by atoms with Crippen LogP contribution in [-0.2, 0) is 0 Å². The van der Waals surface area contributed by atoms with Crippen LogP contribution < -0.4 is 16.0 Å². The highest BCUT2D eigenvalue weighted by Crippen LogP contribution is 2.44. The zero-order valence-electron chi connectivity index (χ0n) is 20.0. The molecule has 0 atom stereocenters. The smallest absolute Gasteiger partial charge is 0.344 e. The molecule has 6 rings (SSSR count). The van der Waals surface area contributed by atoms with Gasteiger partial charge < -0.3 is 23.8 Å². The molecule has 0 fully saturated rings. The number of aromatic nitrogens is 2. The minimum atomic E-state index is -1.30. The summed E-state index contributed by atoms with van der Waals surface area (Å²) in [6.07, 6.45) is 1.44. The number of aromatic amines is 1. The topological polar surface area (TPSA) is 139 Å². The lowest BCUT2D eigenvalue weighted by molar-refractivity contribution is 0.415. The number of ether oxygens (including phenoxy) is 1. The first kappa shape index (κ1) is 23.1. The van der Waals surface area contributed by atoms with Gasteiger partial charge in [0.15, 0.2) is 0 Å². The van der Waals surface area contributed by atoms with E-state index in [9.17, 15) is 19.8 Å². The number of nitrogens with one attached hydrogen (secondary N) is 1. The maximum absolute atomic E-state index is 13.4. The molecule has 0 aliphatic rings. The van der Waals surface area contributed by atoms with Gasteiger partial charge in [0.1, 0.15) is 28.4 Å². The van der Waals surface area contributed by atoms with E-state index in [1.54, 1.807) is 79.9 Å². The summed E-state index contributed by atoms with van der Waals surface area (Å²) in [5.74, 6) is -1.43. The highest BCUT2D eigenvalue weighted by Gasteiger charge is 2.35. The largest absolute Gasteiger partial charge is 0.507 e. The molecule has 0 saturated carbocycles. The fraction of sp³-hybridized carbons (Fsp3) is 0.0690. The molecule has 3 heterocycles. The Bertz CT molecular complexity index is 1830. The summed E-state index contributed by atoms with van der Waals surface area (Å²) >= 11 is 0. The van der Waals surface area contributed by atoms with Crippen LogP contribution in [0.25, 0.3) is 33.2 Å². The summed E-state index contributed by atoms with van der Waals surface area (Å²) in [5.41, 5.74) is -0.416. The molecule has 9 nitrogen and oxygen atoms in total. The fourth-order valence-electron chi connectivity index (χ4n) is 4.76. The van der Waals surface area contributed by atoms with E-state index < -0.39 is 17.2 Å². The zero-order chi connectivity index (χ0) is 26.4. The van der Waals surface area contributed by atoms with E-state index in [1.165, 1.54) is 6.20 Å². The minimum absolute atomic E-state index is 0.176. The molecule has 0 spiro atoms. The van der Waals surface area contributed by atoms with E-state index in [0.717, 1.165) is 0 Å². The molecule has 188 valence electrons. The van der Waals surface area contributed by atoms with E-state index in [0.29, 0.717) is 22.6 Å². The molecule has 3 aromatic carbocycles. The molecule has 0 unspecified atom stereocenters. The predicted molar refractivity (Wildman–Crippen MR) is 140 cm³/mol. The zero-order valence-corrected chi connectivity index (χ0v) is 20.0. The molecular weight excluding hydrogens is 488 g/mol. The summed E-state index contributed by atoms with van der Waals surface area (Å²) < 4.78 is 16.3. The lowest BCUT2D eigenvalue weighted by Crippen LogP contribution is -2.21. The van der Waals surface area contributed by atoms with Crippen LogP contribution in [0.5, 0.6) is 17.2 Å². The molecular formula is C29H20N2O7. The van der Waals surface area contributed by atoms with E-state index in [2.05, 4.69) is 10.2 Å². The maximum Gasteiger partial charge on any atom is 0.344 e. The summed E-state index contributed by atoms with van der Waals surface area (Å²) in [7, 11) is 1.55. The highest BCUT2D eigenvalue weighted by atomic mass is 16.5. The SMILES string of the molecule is COc1ccc(-c2[nH]ncc2C(c2c(O)c3ccccc3oc2=O)c2c(O)c3ccccc3oc2=O)cc1. The second-order valence-corrected chi connectivity index (χ2v) is 8.66. The van der Waals surface area contributed by atoms with Crippen molar-refractivity contribution in [1.29, 1.82) is 0 Å². The van der Waals surface area contributed by atoms with E-state index >= 15 is 0 Å². The highest BCUT2D eigenvalue weighted by molar-refractivity contribution is 5.87. The van der Waals surface area contributed by atoms with Crippen molar-refractivity contribution in [2.45, 2.75) is 5.92 Å². The van der Waals surface area contributed by atoms with Crippen LogP contribution in [-0.4, -0.2) is 27.5 Å². The van der Waals surface area contributed by atoms with Gasteiger partial charge in [-0.2, -0.15) is 5.10 Å². The van der Waals surface area contributed by atoms with Gasteiger partial charge in [-0.15, -0.1) is 0 Å². The Kier molecular flexibility index (Phi) is 5.45. The monoisotopic (exact) mass is 508 g/mol. The summed E-state index contributed by atoms with van der Waals surface area (Å²) in [6.45, 7) is 0. The molecule has 9 heteroatoms. The van der Waals surface area contributed by atoms with Gasteiger partial charge in [0.05, 0.1) is 46.8 Å². The molecule has 0 bridgehead atoms. The molecule has 0 amide bonds. The number of hydrogen-bond acceptors (Lipinski definition) is 8. The van der Waals surface area contributed by atoms with Crippen LogP contribution in [0.2, 0.25) is 0 Å². The summed E-state index contributed by atoms with van der Waals surface area (Å²) in [4.78, 5) is 26.8. The summed E-state index contributed by atoms with van der Waals surface area (Å²) in [6, 6.07) is 20.1. The van der Waals surface area contributed by atoms with Crippen LogP contribution in [0.4, 0.5) is 0 Å². The Labute approximate surface area is 214 Å². The summed E-state index contributed by atoms with van der Waals surface area (Å²) in [5, 5.41) is 30.4. The van der Waals surface area contributed by atoms with Gasteiger partial charge in [0.2, 0.25) is 0 Å². The van der Waals surface area contributed by atoms with Crippen LogP contribution in [0, 0.1) is 0 Å². The van der Waals surface area contributed by atoms with E-state index in [1.807, 2.05) is 0 Å². The number of fused-ring (bicyclic) bond motifs is 2. The second kappa shape index (κ2) is 8.97. The number of hydrogen-bond donors (Lipinski definition) is 3. The quantitative estimate of drug-likeness (QED) is 0.280. The van der Waals surface area contributed by atoms with Crippen molar-refractivity contribution in [2.75, 3.05) is 7.11 Å². The second-order valence-electron chi connectivity index (χ2n) is 8.66. The maximum atomic E-state index is 13.4. The first-order valence-corrected chi connectivity index (χ1v) is 11.6. The fourth-order valence-corrected chi connectivity index (χ4v) is 4.76. The average Bonchev–Trinajstić information content (AvgIpc) is 3.42. The molecule has 38 heavy (non-hydrogen) atoms. The molecule has 0 radical (unpaired) electrons. The molecule has 0 aliphatic carbocycles. The van der Waals surface area contributed by atoms with Gasteiger partial charge in [0, 0.05) is 11.1 Å². The number of nitrogens with zero attached hydrogens (tertiary/aromatic N) is 1. The number of para-hydroxylation sites is 2. The molecule has 0 aliphatic heterocycles. The van der Waals surface area contributed by atoms with Gasteiger partial charge in [-0.05, 0) is 48.5 Å². The molecule has 6 aromatic rings. The number of H-pyrrole nitrogens is 1. The van der Waals surface area contributed by atoms with Gasteiger partial charge in [-0.25, -0.2) is 9.59 Å². The van der Waals surface area contributed by atoms with Crippen LogP contribution in [0.1, 0.15) is 22.6 Å². The van der Waals surface area contributed by atoms with Crippen molar-refractivity contribution >= 4 is 21.9 Å². The van der Waals surface area contributed by atoms with Crippen molar-refractivity contribution < 1.29 is 23.8 Å². The Morgan fingerprint density at radius 2 is 1.32 bits per heavy atom. The third kappa shape index (κ3) is 3.60. The lowest BCUT2D eigenvalue weighted by atomic mass is 9.84. The van der Waals surface area contributed by atoms with Gasteiger partial charge in [-0.3, -0.25) is 5.10 Å². The Morgan fingerprint density at radius 3 is 1.84 bits per heavy atom. The molecule has 3 N–H and O–H groups in total. The van der Waals surface area contributed by atoms with Crippen LogP contribution in [0.3, 0.4) is 0 Å². The third-order valence-electron chi connectivity index (χ3n) is 6.58. The van der Waals surface area contributed by atoms with Crippen molar-refractivity contribution in [1.82, 2.24) is 10.2 Å². The first-order chi connectivity index (χ1) is 18.5. The van der Waals surface area contributed by atoms with Crippen molar-refractivity contribution in [3.8, 4) is 28.5 Å². The van der Waals surface area contributed by atoms with Gasteiger partial charge in [-0.1, -0.05) is 24.3 Å². The van der Waals surface area contributed by atoms with Crippen molar-refractivity contribution in [2.24, 2.45) is 0 Å². The van der Waals surface area contributed by atoms with Crippen LogP contribution >= 0.6 is 0 Å². The Morgan fingerprint density at radius 1 is 0.789 bits per heavy atom. The third-order valence-corrected chi connectivity index (χ3v) is 6.58. The van der Waals surface area contributed by atoms with Crippen LogP contribution in [0.15, 0.2) is 97.4 Å². The number of aromatic hydroxyl groups is 2. The van der Waals surface area contributed by atoms with Gasteiger partial charge >= 0.3 is 11.3 Å².